The van der Waals surface area contributed by atoms with Crippen LogP contribution in [0, 0.1) is 5.92 Å². The summed E-state index contributed by atoms with van der Waals surface area (Å²) >= 11 is 0. The van der Waals surface area contributed by atoms with Crippen LogP contribution in [0.25, 0.3) is 0 Å². The maximum atomic E-state index is 6.30. The van der Waals surface area contributed by atoms with Crippen molar-refractivity contribution in [2.24, 2.45) is 5.92 Å². The van der Waals surface area contributed by atoms with Gasteiger partial charge in [-0.2, -0.15) is 0 Å². The molecule has 14 heavy (non-hydrogen) atoms. The number of hydrogen-bond donors (Lipinski definition) is 1. The second kappa shape index (κ2) is 4.19. The molecule has 84 valence electrons. The van der Waals surface area contributed by atoms with Gasteiger partial charge < -0.3 is 10.1 Å². The Morgan fingerprint density at radius 1 is 1.29 bits per heavy atom. The third kappa shape index (κ3) is 2.48. The highest BCUT2D eigenvalue weighted by Gasteiger charge is 2.41. The number of nitrogens with one attached hydrogen (secondary N) is 1. The summed E-state index contributed by atoms with van der Waals surface area (Å²) in [5.41, 5.74) is 0.0359. The first-order chi connectivity index (χ1) is 6.42. The molecule has 0 aromatic heterocycles. The Morgan fingerprint density at radius 3 is 2.43 bits per heavy atom. The maximum absolute atomic E-state index is 6.30. The lowest BCUT2D eigenvalue weighted by atomic mass is 9.87. The molecule has 1 saturated heterocycles. The molecule has 2 nitrogen and oxygen atoms in total. The van der Waals surface area contributed by atoms with Gasteiger partial charge in [-0.3, -0.25) is 0 Å². The normalized spacial score (nSPS) is 39.0. The second-order valence-electron chi connectivity index (χ2n) is 5.37. The van der Waals surface area contributed by atoms with Crippen molar-refractivity contribution >= 4 is 0 Å². The van der Waals surface area contributed by atoms with Crippen molar-refractivity contribution in [3.05, 3.63) is 0 Å². The molecule has 0 aromatic rings. The third-order valence-electron chi connectivity index (χ3n) is 3.45. The van der Waals surface area contributed by atoms with E-state index in [9.17, 15) is 0 Å². The van der Waals surface area contributed by atoms with Gasteiger partial charge in [0.2, 0.25) is 0 Å². The standard InChI is InChI=1S/C12H25NO/c1-6-7-11(4)8-13-9-12(5,14-11)10(2)3/h10,13H,6-9H2,1-5H3. The van der Waals surface area contributed by atoms with Gasteiger partial charge in [0.1, 0.15) is 0 Å². The molecule has 1 rings (SSSR count). The summed E-state index contributed by atoms with van der Waals surface area (Å²) in [4.78, 5) is 0. The molecule has 1 aliphatic rings. The average molecular weight is 199 g/mol. The van der Waals surface area contributed by atoms with Crippen LogP contribution in [0.3, 0.4) is 0 Å². The van der Waals surface area contributed by atoms with Gasteiger partial charge in [-0.15, -0.1) is 0 Å². The predicted molar refractivity (Wildman–Crippen MR) is 60.5 cm³/mol. The predicted octanol–water partition coefficient (Wildman–Crippen LogP) is 2.58. The zero-order valence-corrected chi connectivity index (χ0v) is 10.3. The summed E-state index contributed by atoms with van der Waals surface area (Å²) in [5, 5.41) is 3.51. The first-order valence-corrected chi connectivity index (χ1v) is 5.83. The average Bonchev–Trinajstić information content (AvgIpc) is 2.03. The van der Waals surface area contributed by atoms with Crippen molar-refractivity contribution in [2.75, 3.05) is 13.1 Å². The third-order valence-corrected chi connectivity index (χ3v) is 3.45. The lowest BCUT2D eigenvalue weighted by Crippen LogP contribution is -2.60. The van der Waals surface area contributed by atoms with Gasteiger partial charge in [0.15, 0.2) is 0 Å². The van der Waals surface area contributed by atoms with E-state index >= 15 is 0 Å². The summed E-state index contributed by atoms with van der Waals surface area (Å²) in [7, 11) is 0. The topological polar surface area (TPSA) is 21.3 Å². The van der Waals surface area contributed by atoms with Gasteiger partial charge in [-0.05, 0) is 26.2 Å². The highest BCUT2D eigenvalue weighted by Crippen LogP contribution is 2.32. The van der Waals surface area contributed by atoms with Crippen LogP contribution in [0.1, 0.15) is 47.5 Å². The number of morpholine rings is 1. The first kappa shape index (κ1) is 12.0. The number of hydrogen-bond acceptors (Lipinski definition) is 2. The molecule has 0 aliphatic carbocycles. The van der Waals surface area contributed by atoms with Crippen molar-refractivity contribution in [1.29, 1.82) is 0 Å². The summed E-state index contributed by atoms with van der Waals surface area (Å²) in [5.74, 6) is 0.562. The van der Waals surface area contributed by atoms with E-state index in [1.807, 2.05) is 0 Å². The molecule has 0 radical (unpaired) electrons. The van der Waals surface area contributed by atoms with E-state index in [1.165, 1.54) is 6.42 Å². The number of ether oxygens (including phenoxy) is 1. The van der Waals surface area contributed by atoms with Crippen molar-refractivity contribution in [3.8, 4) is 0 Å². The molecule has 2 atom stereocenters. The van der Waals surface area contributed by atoms with Crippen LogP contribution in [0.15, 0.2) is 0 Å². The Hall–Kier alpha value is -0.0800. The smallest absolute Gasteiger partial charge is 0.0809 e. The molecule has 0 saturated carbocycles. The largest absolute Gasteiger partial charge is 0.366 e. The van der Waals surface area contributed by atoms with Crippen LogP contribution in [0.2, 0.25) is 0 Å². The number of rotatable bonds is 3. The minimum Gasteiger partial charge on any atom is -0.366 e. The van der Waals surface area contributed by atoms with Gasteiger partial charge in [-0.1, -0.05) is 27.2 Å². The molecule has 1 fully saturated rings. The SMILES string of the molecule is CCCC1(C)CNCC(C)(C(C)C)O1. The zero-order chi connectivity index (χ0) is 10.8. The molecular formula is C12H25NO. The van der Waals surface area contributed by atoms with Crippen molar-refractivity contribution in [3.63, 3.8) is 0 Å². The summed E-state index contributed by atoms with van der Waals surface area (Å²) in [6, 6.07) is 0. The molecule has 1 aliphatic heterocycles. The lowest BCUT2D eigenvalue weighted by Gasteiger charge is -2.47. The van der Waals surface area contributed by atoms with Gasteiger partial charge in [-0.25, -0.2) is 0 Å². The Bertz CT molecular complexity index is 189. The van der Waals surface area contributed by atoms with Crippen LogP contribution in [-0.4, -0.2) is 24.3 Å². The second-order valence-corrected chi connectivity index (χ2v) is 5.37. The fraction of sp³-hybridized carbons (Fsp3) is 1.00. The fourth-order valence-electron chi connectivity index (χ4n) is 2.20. The molecular weight excluding hydrogens is 174 g/mol. The Labute approximate surface area is 88.4 Å². The van der Waals surface area contributed by atoms with Crippen LogP contribution in [-0.2, 0) is 4.74 Å². The van der Waals surface area contributed by atoms with Gasteiger partial charge in [0.05, 0.1) is 11.2 Å². The Balaban J connectivity index is 2.67. The maximum Gasteiger partial charge on any atom is 0.0809 e. The zero-order valence-electron chi connectivity index (χ0n) is 10.3. The van der Waals surface area contributed by atoms with Crippen molar-refractivity contribution < 1.29 is 4.74 Å². The molecule has 0 spiro atoms. The van der Waals surface area contributed by atoms with Crippen LogP contribution < -0.4 is 5.32 Å². The quantitative estimate of drug-likeness (QED) is 0.754. The van der Waals surface area contributed by atoms with Crippen molar-refractivity contribution in [2.45, 2.75) is 58.7 Å². The lowest BCUT2D eigenvalue weighted by molar-refractivity contribution is -0.183. The molecule has 1 heterocycles. The molecule has 2 unspecified atom stereocenters. The minimum atomic E-state index is 0.00215. The van der Waals surface area contributed by atoms with Crippen LogP contribution in [0.4, 0.5) is 0 Å². The van der Waals surface area contributed by atoms with E-state index in [0.29, 0.717) is 5.92 Å². The summed E-state index contributed by atoms with van der Waals surface area (Å²) < 4.78 is 6.30. The summed E-state index contributed by atoms with van der Waals surface area (Å²) in [6.45, 7) is 13.1. The Kier molecular flexibility index (Phi) is 3.59. The van der Waals surface area contributed by atoms with E-state index in [-0.39, 0.29) is 11.2 Å². The minimum absolute atomic E-state index is 0.00215. The van der Waals surface area contributed by atoms with Gasteiger partial charge in [0, 0.05) is 13.1 Å². The van der Waals surface area contributed by atoms with Crippen LogP contribution in [0.5, 0.6) is 0 Å². The highest BCUT2D eigenvalue weighted by atomic mass is 16.5. The monoisotopic (exact) mass is 199 g/mol. The summed E-state index contributed by atoms with van der Waals surface area (Å²) in [6.07, 6.45) is 2.33. The Morgan fingerprint density at radius 2 is 1.93 bits per heavy atom. The van der Waals surface area contributed by atoms with E-state index in [2.05, 4.69) is 39.9 Å². The molecule has 2 heteroatoms. The van der Waals surface area contributed by atoms with Gasteiger partial charge in [0.25, 0.3) is 0 Å². The highest BCUT2D eigenvalue weighted by molar-refractivity contribution is 4.93. The van der Waals surface area contributed by atoms with Crippen LogP contribution >= 0.6 is 0 Å². The molecule has 0 aromatic carbocycles. The van der Waals surface area contributed by atoms with E-state index in [4.69, 9.17) is 4.74 Å². The fourth-order valence-corrected chi connectivity index (χ4v) is 2.20. The van der Waals surface area contributed by atoms with Crippen molar-refractivity contribution in [1.82, 2.24) is 5.32 Å². The van der Waals surface area contributed by atoms with E-state index < -0.39 is 0 Å². The van der Waals surface area contributed by atoms with E-state index in [0.717, 1.165) is 19.5 Å². The van der Waals surface area contributed by atoms with Gasteiger partial charge >= 0.3 is 0 Å². The first-order valence-electron chi connectivity index (χ1n) is 5.83. The molecule has 1 N–H and O–H groups in total. The molecule has 0 bridgehead atoms. The van der Waals surface area contributed by atoms with E-state index in [1.54, 1.807) is 0 Å². The molecule has 0 amide bonds.